The lowest BCUT2D eigenvalue weighted by molar-refractivity contribution is 0.475. The summed E-state index contributed by atoms with van der Waals surface area (Å²) < 4.78 is 7.39. The molecule has 3 heterocycles. The number of benzene rings is 1. The lowest BCUT2D eigenvalue weighted by Crippen LogP contribution is -1.84. The topological polar surface area (TPSA) is 63.0 Å². The first-order chi connectivity index (χ1) is 11.3. The Bertz CT molecular complexity index is 967. The van der Waals surface area contributed by atoms with E-state index in [1.165, 1.54) is 0 Å². The molecule has 0 atom stereocenters. The van der Waals surface area contributed by atoms with Gasteiger partial charge in [0, 0.05) is 12.4 Å². The summed E-state index contributed by atoms with van der Waals surface area (Å²) in [6, 6.07) is 16.3. The van der Waals surface area contributed by atoms with Crippen LogP contribution in [0.25, 0.3) is 17.1 Å². The van der Waals surface area contributed by atoms with Gasteiger partial charge in [0.15, 0.2) is 17.3 Å². The summed E-state index contributed by atoms with van der Waals surface area (Å²) in [4.78, 5) is 9.18. The van der Waals surface area contributed by atoms with Crippen molar-refractivity contribution in [1.29, 1.82) is 0 Å². The van der Waals surface area contributed by atoms with Crippen molar-refractivity contribution < 1.29 is 9.52 Å². The van der Waals surface area contributed by atoms with E-state index in [1.807, 2.05) is 40.9 Å². The van der Waals surface area contributed by atoms with Gasteiger partial charge in [0.1, 0.15) is 11.4 Å². The Labute approximate surface area is 132 Å². The van der Waals surface area contributed by atoms with E-state index < -0.39 is 0 Å². The van der Waals surface area contributed by atoms with Crippen LogP contribution in [0.2, 0.25) is 0 Å². The Morgan fingerprint density at radius 1 is 1.04 bits per heavy atom. The van der Waals surface area contributed by atoms with E-state index in [2.05, 4.69) is 9.98 Å². The number of aromatic hydroxyl groups is 1. The van der Waals surface area contributed by atoms with Crippen LogP contribution in [0.3, 0.4) is 0 Å². The normalized spacial score (nSPS) is 11.5. The number of hydrogen-bond acceptors (Lipinski definition) is 4. The number of imidazole rings is 1. The molecule has 0 fully saturated rings. The number of phenols is 1. The van der Waals surface area contributed by atoms with Crippen LogP contribution in [0.1, 0.15) is 5.56 Å². The number of fused-ring (bicyclic) bond motifs is 1. The zero-order valence-corrected chi connectivity index (χ0v) is 12.1. The molecule has 0 radical (unpaired) electrons. The van der Waals surface area contributed by atoms with Crippen molar-refractivity contribution in [3.63, 3.8) is 0 Å². The van der Waals surface area contributed by atoms with Crippen LogP contribution in [0.4, 0.5) is 5.82 Å². The number of pyridine rings is 1. The monoisotopic (exact) mass is 303 g/mol. The molecule has 1 N–H and O–H groups in total. The zero-order chi connectivity index (χ0) is 15.6. The second-order valence-corrected chi connectivity index (χ2v) is 5.04. The van der Waals surface area contributed by atoms with E-state index in [-0.39, 0.29) is 5.75 Å². The average Bonchev–Trinajstić information content (AvgIpc) is 3.22. The first-order valence-electron chi connectivity index (χ1n) is 7.15. The molecule has 0 aliphatic carbocycles. The predicted octanol–water partition coefficient (Wildman–Crippen LogP) is 4.05. The standard InChI is InChI=1S/C18H13N3O2/c22-14-8-6-13(7-9-14)12-19-18-17(15-4-3-11-23-15)20-16-5-1-2-10-21(16)18/h1-12,22H. The van der Waals surface area contributed by atoms with Crippen LogP contribution in [-0.4, -0.2) is 20.7 Å². The molecular formula is C18H13N3O2. The van der Waals surface area contributed by atoms with Gasteiger partial charge in [-0.15, -0.1) is 0 Å². The maximum absolute atomic E-state index is 9.35. The Hall–Kier alpha value is -3.34. The highest BCUT2D eigenvalue weighted by Gasteiger charge is 2.14. The molecule has 23 heavy (non-hydrogen) atoms. The van der Waals surface area contributed by atoms with Crippen LogP contribution in [-0.2, 0) is 0 Å². The highest BCUT2D eigenvalue weighted by atomic mass is 16.3. The third-order valence-corrected chi connectivity index (χ3v) is 3.49. The fourth-order valence-corrected chi connectivity index (χ4v) is 2.38. The highest BCUT2D eigenvalue weighted by molar-refractivity contribution is 5.84. The number of hydrogen-bond donors (Lipinski definition) is 1. The summed E-state index contributed by atoms with van der Waals surface area (Å²) in [5, 5.41) is 9.35. The molecule has 0 spiro atoms. The van der Waals surface area contributed by atoms with Crippen molar-refractivity contribution in [3.8, 4) is 17.2 Å². The minimum atomic E-state index is 0.230. The van der Waals surface area contributed by atoms with Crippen LogP contribution in [0, 0.1) is 0 Å². The van der Waals surface area contributed by atoms with Crippen molar-refractivity contribution >= 4 is 17.7 Å². The largest absolute Gasteiger partial charge is 0.508 e. The van der Waals surface area contributed by atoms with Gasteiger partial charge in [-0.2, -0.15) is 0 Å². The Morgan fingerprint density at radius 2 is 1.91 bits per heavy atom. The maximum Gasteiger partial charge on any atom is 0.168 e. The molecule has 0 saturated carbocycles. The van der Waals surface area contributed by atoms with Crippen LogP contribution < -0.4 is 0 Å². The lowest BCUT2D eigenvalue weighted by Gasteiger charge is -1.98. The third kappa shape index (κ3) is 2.48. The van der Waals surface area contributed by atoms with E-state index in [0.717, 1.165) is 11.2 Å². The molecular weight excluding hydrogens is 290 g/mol. The van der Waals surface area contributed by atoms with Crippen molar-refractivity contribution in [2.45, 2.75) is 0 Å². The van der Waals surface area contributed by atoms with Gasteiger partial charge in [0.25, 0.3) is 0 Å². The molecule has 5 heteroatoms. The number of furan rings is 1. The highest BCUT2D eigenvalue weighted by Crippen LogP contribution is 2.31. The van der Waals surface area contributed by atoms with Gasteiger partial charge in [-0.3, -0.25) is 4.40 Å². The number of nitrogens with zero attached hydrogens (tertiary/aromatic N) is 3. The number of aromatic nitrogens is 2. The molecule has 3 aromatic heterocycles. The second-order valence-electron chi connectivity index (χ2n) is 5.04. The molecule has 4 aromatic rings. The molecule has 5 nitrogen and oxygen atoms in total. The minimum absolute atomic E-state index is 0.230. The third-order valence-electron chi connectivity index (χ3n) is 3.49. The summed E-state index contributed by atoms with van der Waals surface area (Å²) in [6.07, 6.45) is 5.27. The first kappa shape index (κ1) is 13.3. The molecule has 0 unspecified atom stereocenters. The van der Waals surface area contributed by atoms with Gasteiger partial charge in [-0.1, -0.05) is 6.07 Å². The summed E-state index contributed by atoms with van der Waals surface area (Å²) >= 11 is 0. The van der Waals surface area contributed by atoms with Crippen molar-refractivity contribution in [1.82, 2.24) is 9.38 Å². The van der Waals surface area contributed by atoms with E-state index in [9.17, 15) is 5.11 Å². The SMILES string of the molecule is Oc1ccc(C=Nc2c(-c3ccco3)nc3ccccn23)cc1. The Balaban J connectivity index is 1.84. The number of rotatable bonds is 3. The molecule has 112 valence electrons. The summed E-state index contributed by atoms with van der Waals surface area (Å²) in [5.74, 6) is 1.60. The molecule has 4 rings (SSSR count). The lowest BCUT2D eigenvalue weighted by atomic mass is 10.2. The van der Waals surface area contributed by atoms with Crippen molar-refractivity contribution in [2.75, 3.05) is 0 Å². The van der Waals surface area contributed by atoms with E-state index in [1.54, 1.807) is 36.7 Å². The molecule has 1 aromatic carbocycles. The van der Waals surface area contributed by atoms with Gasteiger partial charge in [-0.05, 0) is 54.1 Å². The predicted molar refractivity (Wildman–Crippen MR) is 88.3 cm³/mol. The first-order valence-corrected chi connectivity index (χ1v) is 7.15. The van der Waals surface area contributed by atoms with Crippen LogP contribution in [0.5, 0.6) is 5.75 Å². The summed E-state index contributed by atoms with van der Waals surface area (Å²) in [7, 11) is 0. The van der Waals surface area contributed by atoms with E-state index in [0.29, 0.717) is 17.3 Å². The van der Waals surface area contributed by atoms with Gasteiger partial charge in [-0.25, -0.2) is 9.98 Å². The quantitative estimate of drug-likeness (QED) is 0.581. The second kappa shape index (κ2) is 5.46. The van der Waals surface area contributed by atoms with Crippen molar-refractivity contribution in [3.05, 3.63) is 72.6 Å². The molecule has 0 amide bonds. The van der Waals surface area contributed by atoms with Gasteiger partial charge < -0.3 is 9.52 Å². The molecule has 0 saturated heterocycles. The molecule has 0 aliphatic heterocycles. The summed E-state index contributed by atoms with van der Waals surface area (Å²) in [5.41, 5.74) is 2.38. The Kier molecular flexibility index (Phi) is 3.16. The van der Waals surface area contributed by atoms with Gasteiger partial charge in [0.05, 0.1) is 6.26 Å². The van der Waals surface area contributed by atoms with E-state index in [4.69, 9.17) is 4.42 Å². The van der Waals surface area contributed by atoms with Crippen LogP contribution in [0.15, 0.2) is 76.5 Å². The Morgan fingerprint density at radius 3 is 2.70 bits per heavy atom. The van der Waals surface area contributed by atoms with Gasteiger partial charge >= 0.3 is 0 Å². The zero-order valence-electron chi connectivity index (χ0n) is 12.1. The molecule has 0 bridgehead atoms. The minimum Gasteiger partial charge on any atom is -0.508 e. The van der Waals surface area contributed by atoms with Crippen molar-refractivity contribution in [2.24, 2.45) is 4.99 Å². The van der Waals surface area contributed by atoms with E-state index >= 15 is 0 Å². The van der Waals surface area contributed by atoms with Gasteiger partial charge in [0.2, 0.25) is 0 Å². The van der Waals surface area contributed by atoms with Crippen LogP contribution >= 0.6 is 0 Å². The molecule has 0 aliphatic rings. The fraction of sp³-hybridized carbons (Fsp3) is 0. The smallest absolute Gasteiger partial charge is 0.168 e. The maximum atomic E-state index is 9.35. The average molecular weight is 303 g/mol. The summed E-state index contributed by atoms with van der Waals surface area (Å²) in [6.45, 7) is 0. The fourth-order valence-electron chi connectivity index (χ4n) is 2.38. The number of phenolic OH excluding ortho intramolecular Hbond substituents is 1. The number of aliphatic imine (C=N–C) groups is 1.